The molecule has 8 bridgehead atoms. The second-order valence-electron chi connectivity index (χ2n) is 17.5. The van der Waals surface area contributed by atoms with Crippen molar-refractivity contribution < 1.29 is 17.1 Å². The van der Waals surface area contributed by atoms with Gasteiger partial charge in [0.1, 0.15) is 0 Å². The van der Waals surface area contributed by atoms with E-state index < -0.39 is 5.16 Å². The quantitative estimate of drug-likeness (QED) is 0.0894. The molecule has 7 heteroatoms. The van der Waals surface area contributed by atoms with Gasteiger partial charge in [0.25, 0.3) is 0 Å². The van der Waals surface area contributed by atoms with Crippen LogP contribution in [-0.2, 0) is 28.4 Å². The van der Waals surface area contributed by atoms with Crippen molar-refractivity contribution >= 4 is 17.2 Å². The summed E-state index contributed by atoms with van der Waals surface area (Å²) >= 11 is 0. The van der Waals surface area contributed by atoms with Crippen LogP contribution in [0.15, 0.2) is 110 Å². The number of hydrogen-bond donors (Lipinski definition) is 0. The number of aromatic nitrogens is 4. The standard InChI is InChI=1S/C41H47N4P2.C5H5.Fe/c46-41(37-22-42-6-8-44-37,38-23-43-7-9-45-38)36-21-30(29-4-2-1-3-5-29)20-35(36)24-47(39-31-12-25-10-26(14-31)15-32(39)13-25)40-33-16-27-11-28(18-33)19-34(40)17-27;1-2-4-5-3-1;/h1-9,20-23,25-28,31-34,39-40H,10-19,24,46H2;1-5H;/q-1;-5;. The van der Waals surface area contributed by atoms with Gasteiger partial charge >= 0.3 is 0 Å². The second kappa shape index (κ2) is 15.2. The minimum Gasteiger partial charge on any atom is -0.748 e. The van der Waals surface area contributed by atoms with Crippen molar-refractivity contribution in [3.63, 3.8) is 0 Å². The minimum atomic E-state index is -0.625. The summed E-state index contributed by atoms with van der Waals surface area (Å²) in [5, 5.41) is -0.625. The Morgan fingerprint density at radius 2 is 1.08 bits per heavy atom. The molecule has 8 aliphatic rings. The zero-order chi connectivity index (χ0) is 34.6. The fourth-order valence-corrected chi connectivity index (χ4v) is 18.2. The van der Waals surface area contributed by atoms with E-state index in [1.165, 1.54) is 92.6 Å². The molecule has 5 aromatic rings. The monoisotopic (exact) mass is 778 g/mol. The molecule has 13 rings (SSSR count). The summed E-state index contributed by atoms with van der Waals surface area (Å²) in [7, 11) is 3.06. The molecule has 0 radical (unpaired) electrons. The third-order valence-electron chi connectivity index (χ3n) is 14.5. The van der Waals surface area contributed by atoms with Gasteiger partial charge in [0.2, 0.25) is 0 Å². The molecule has 1 unspecified atom stereocenters. The number of nitrogens with zero attached hydrogens (tertiary/aromatic N) is 4. The van der Waals surface area contributed by atoms with Crippen LogP contribution in [0.4, 0.5) is 0 Å². The first-order valence-corrected chi connectivity index (χ1v) is 22.4. The smallest absolute Gasteiger partial charge is 0.0674 e. The van der Waals surface area contributed by atoms with E-state index in [0.29, 0.717) is 0 Å². The Balaban J connectivity index is 0.000000576. The number of rotatable bonds is 8. The van der Waals surface area contributed by atoms with Crippen LogP contribution in [0, 0.1) is 47.3 Å². The van der Waals surface area contributed by atoms with Gasteiger partial charge in [-0.05, 0) is 129 Å². The van der Waals surface area contributed by atoms with Crippen molar-refractivity contribution in [2.24, 2.45) is 47.3 Å². The topological polar surface area (TPSA) is 51.6 Å². The van der Waals surface area contributed by atoms with E-state index in [0.717, 1.165) is 70.0 Å². The van der Waals surface area contributed by atoms with Gasteiger partial charge in [-0.2, -0.15) is 17.2 Å². The molecule has 8 saturated carbocycles. The summed E-state index contributed by atoms with van der Waals surface area (Å²) in [6.45, 7) is 0. The Labute approximate surface area is 330 Å². The molecule has 53 heavy (non-hydrogen) atoms. The summed E-state index contributed by atoms with van der Waals surface area (Å²) in [6, 6.07) is 26.1. The summed E-state index contributed by atoms with van der Waals surface area (Å²) in [4.78, 5) is 19.1. The van der Waals surface area contributed by atoms with Gasteiger partial charge in [-0.15, -0.1) is 14.8 Å². The molecule has 0 saturated heterocycles. The molecular weight excluding hydrogens is 726 g/mol. The van der Waals surface area contributed by atoms with Crippen LogP contribution in [0.2, 0.25) is 0 Å². The molecule has 0 spiro atoms. The molecule has 0 N–H and O–H groups in total. The first kappa shape index (κ1) is 36.1. The van der Waals surface area contributed by atoms with Crippen molar-refractivity contribution in [1.82, 2.24) is 19.9 Å². The Bertz CT molecular complexity index is 1780. The van der Waals surface area contributed by atoms with Crippen LogP contribution in [0.3, 0.4) is 0 Å². The predicted molar refractivity (Wildman–Crippen MR) is 215 cm³/mol. The molecular formula is C46H52FeN4P2-6. The van der Waals surface area contributed by atoms with Crippen LogP contribution in [0.1, 0.15) is 86.7 Å². The zero-order valence-electron chi connectivity index (χ0n) is 30.6. The fraction of sp³-hybridized carbons (Fsp3) is 0.478. The summed E-state index contributed by atoms with van der Waals surface area (Å²) in [5.74, 6) is 7.99. The second-order valence-corrected chi connectivity index (χ2v) is 20.9. The van der Waals surface area contributed by atoms with E-state index in [2.05, 4.69) is 61.7 Å². The van der Waals surface area contributed by atoms with E-state index in [1.807, 2.05) is 55.1 Å². The van der Waals surface area contributed by atoms with Gasteiger partial charge in [-0.25, -0.2) is 6.07 Å². The Kier molecular flexibility index (Phi) is 10.3. The van der Waals surface area contributed by atoms with Gasteiger partial charge in [0.15, 0.2) is 0 Å². The average molecular weight is 779 g/mol. The van der Waals surface area contributed by atoms with Crippen LogP contribution < -0.4 is 0 Å². The van der Waals surface area contributed by atoms with Gasteiger partial charge in [0, 0.05) is 54.2 Å². The molecule has 3 aromatic carbocycles. The molecule has 4 nitrogen and oxygen atoms in total. The van der Waals surface area contributed by atoms with Crippen molar-refractivity contribution in [2.75, 3.05) is 0 Å². The third-order valence-corrected chi connectivity index (χ3v) is 19.3. The Morgan fingerprint density at radius 3 is 1.49 bits per heavy atom. The van der Waals surface area contributed by atoms with Crippen LogP contribution in [0.5, 0.6) is 0 Å². The molecule has 280 valence electrons. The molecule has 1 atom stereocenters. The van der Waals surface area contributed by atoms with E-state index in [9.17, 15) is 0 Å². The van der Waals surface area contributed by atoms with Crippen molar-refractivity contribution in [3.05, 3.63) is 132 Å². The molecule has 8 fully saturated rings. The fourth-order valence-electron chi connectivity index (χ4n) is 13.1. The first-order chi connectivity index (χ1) is 25.6. The summed E-state index contributed by atoms with van der Waals surface area (Å²) < 4.78 is 0. The van der Waals surface area contributed by atoms with Gasteiger partial charge in [-0.1, -0.05) is 43.8 Å². The van der Waals surface area contributed by atoms with E-state index in [1.54, 1.807) is 12.4 Å². The van der Waals surface area contributed by atoms with E-state index in [4.69, 9.17) is 9.97 Å². The first-order valence-electron chi connectivity index (χ1n) is 20.2. The van der Waals surface area contributed by atoms with Crippen molar-refractivity contribution in [2.45, 2.75) is 86.8 Å². The molecule has 0 aliphatic heterocycles. The van der Waals surface area contributed by atoms with Crippen molar-refractivity contribution in [1.29, 1.82) is 0 Å². The van der Waals surface area contributed by atoms with Gasteiger partial charge in [-0.3, -0.25) is 19.9 Å². The molecule has 8 aliphatic carbocycles. The normalized spacial score (nSPS) is 32.5. The molecule has 2 heterocycles. The molecule has 2 aromatic heterocycles. The van der Waals surface area contributed by atoms with Crippen LogP contribution in [-0.4, -0.2) is 31.3 Å². The largest absolute Gasteiger partial charge is 0.748 e. The Morgan fingerprint density at radius 1 is 0.623 bits per heavy atom. The summed E-state index contributed by atoms with van der Waals surface area (Å²) in [5.41, 5.74) is 9.23. The minimum absolute atomic E-state index is 0. The SMILES string of the molecule is PC(c1cnccn1)(c1cnccn1)[c-]1cc(-c2ccccc2)cc1CP(C1C2CC3CC(C2)CC1C3)C1C2CC3CC(C2)CC1C3.[Fe].[cH-]1[cH-][cH-][cH-][cH-]1. The summed E-state index contributed by atoms with van der Waals surface area (Å²) in [6.07, 6.45) is 27.7. The maximum absolute atomic E-state index is 4.96. The van der Waals surface area contributed by atoms with Crippen LogP contribution >= 0.6 is 17.2 Å². The maximum Gasteiger partial charge on any atom is 0.0674 e. The predicted octanol–water partition coefficient (Wildman–Crippen LogP) is 10.9. The van der Waals surface area contributed by atoms with Crippen molar-refractivity contribution in [3.8, 4) is 11.1 Å². The third kappa shape index (κ3) is 6.75. The number of benzene rings is 1. The van der Waals surface area contributed by atoms with Gasteiger partial charge < -0.3 is 30.3 Å². The molecule has 0 amide bonds. The Hall–Kier alpha value is -2.54. The van der Waals surface area contributed by atoms with Crippen LogP contribution in [0.25, 0.3) is 11.1 Å². The van der Waals surface area contributed by atoms with Gasteiger partial charge in [0.05, 0.1) is 16.5 Å². The average Bonchev–Trinajstić information content (AvgIpc) is 3.90. The maximum atomic E-state index is 4.96. The van der Waals surface area contributed by atoms with E-state index >= 15 is 0 Å². The zero-order valence-corrected chi connectivity index (χ0v) is 33.8. The van der Waals surface area contributed by atoms with E-state index in [-0.39, 0.29) is 25.0 Å². The number of hydrogen-bond acceptors (Lipinski definition) is 4.